The van der Waals surface area contributed by atoms with Crippen LogP contribution >= 0.6 is 11.8 Å². The van der Waals surface area contributed by atoms with Gasteiger partial charge in [-0.25, -0.2) is 0 Å². The van der Waals surface area contributed by atoms with E-state index in [1.54, 1.807) is 0 Å². The average molecular weight is 265 g/mol. The van der Waals surface area contributed by atoms with Gasteiger partial charge >= 0.3 is 5.97 Å². The van der Waals surface area contributed by atoms with Crippen LogP contribution in [0.15, 0.2) is 30.3 Å². The molecular weight excluding hydrogens is 246 g/mol. The summed E-state index contributed by atoms with van der Waals surface area (Å²) in [5, 5.41) is 3.69. The molecular formula is C14H19NO2S. The standard InChI is InChI=1S/C14H19NO2S/c1-2-17-14(16)12-10-18-13(15-12)9-8-11-6-4-3-5-7-11/h3-7,12-13,15H,2,8-10H2,1H3/t12-,13-/m0/s1. The highest BCUT2D eigenvalue weighted by Crippen LogP contribution is 2.23. The lowest BCUT2D eigenvalue weighted by molar-refractivity contribution is -0.144. The molecule has 1 N–H and O–H groups in total. The summed E-state index contributed by atoms with van der Waals surface area (Å²) in [5.41, 5.74) is 1.35. The van der Waals surface area contributed by atoms with E-state index in [0.29, 0.717) is 12.0 Å². The highest BCUT2D eigenvalue weighted by atomic mass is 32.2. The van der Waals surface area contributed by atoms with Crippen LogP contribution in [0.1, 0.15) is 18.9 Å². The molecule has 1 heterocycles. The van der Waals surface area contributed by atoms with Gasteiger partial charge in [-0.1, -0.05) is 30.3 Å². The van der Waals surface area contributed by atoms with Crippen LogP contribution in [-0.2, 0) is 16.0 Å². The average Bonchev–Trinajstić information content (AvgIpc) is 2.87. The Balaban J connectivity index is 1.74. The first kappa shape index (κ1) is 13.4. The van der Waals surface area contributed by atoms with Gasteiger partial charge in [0.25, 0.3) is 0 Å². The molecule has 18 heavy (non-hydrogen) atoms. The third-order valence-corrected chi connectivity index (χ3v) is 4.26. The van der Waals surface area contributed by atoms with Crippen LogP contribution in [-0.4, -0.2) is 29.7 Å². The Bertz CT molecular complexity index is 383. The maximum atomic E-state index is 11.6. The molecule has 1 saturated heterocycles. The number of benzene rings is 1. The fourth-order valence-electron chi connectivity index (χ4n) is 2.02. The van der Waals surface area contributed by atoms with Crippen molar-refractivity contribution in [1.82, 2.24) is 5.32 Å². The monoisotopic (exact) mass is 265 g/mol. The molecule has 0 unspecified atom stereocenters. The van der Waals surface area contributed by atoms with Gasteiger partial charge in [-0.3, -0.25) is 10.1 Å². The van der Waals surface area contributed by atoms with Gasteiger partial charge in [-0.15, -0.1) is 11.8 Å². The smallest absolute Gasteiger partial charge is 0.324 e. The van der Waals surface area contributed by atoms with Crippen molar-refractivity contribution in [2.45, 2.75) is 31.2 Å². The van der Waals surface area contributed by atoms with Gasteiger partial charge in [0.05, 0.1) is 12.0 Å². The third kappa shape index (κ3) is 3.75. The van der Waals surface area contributed by atoms with Crippen LogP contribution in [0.3, 0.4) is 0 Å². The minimum Gasteiger partial charge on any atom is -0.465 e. The zero-order valence-corrected chi connectivity index (χ0v) is 11.4. The predicted molar refractivity (Wildman–Crippen MR) is 74.6 cm³/mol. The summed E-state index contributed by atoms with van der Waals surface area (Å²) in [6, 6.07) is 10.3. The Morgan fingerprint density at radius 1 is 1.44 bits per heavy atom. The van der Waals surface area contributed by atoms with Crippen molar-refractivity contribution >= 4 is 17.7 Å². The zero-order chi connectivity index (χ0) is 12.8. The van der Waals surface area contributed by atoms with Gasteiger partial charge in [-0.2, -0.15) is 0 Å². The summed E-state index contributed by atoms with van der Waals surface area (Å²) in [6.07, 6.45) is 2.09. The normalized spacial score (nSPS) is 22.9. The van der Waals surface area contributed by atoms with Crippen LogP contribution in [0.4, 0.5) is 0 Å². The van der Waals surface area contributed by atoms with Crippen LogP contribution in [0, 0.1) is 0 Å². The minimum atomic E-state index is -0.129. The molecule has 0 aromatic heterocycles. The van der Waals surface area contributed by atoms with Gasteiger partial charge in [-0.05, 0) is 25.3 Å². The second-order valence-corrected chi connectivity index (χ2v) is 5.55. The first-order valence-corrected chi connectivity index (χ1v) is 7.42. The van der Waals surface area contributed by atoms with Crippen LogP contribution in [0.25, 0.3) is 0 Å². The van der Waals surface area contributed by atoms with E-state index in [-0.39, 0.29) is 12.0 Å². The largest absolute Gasteiger partial charge is 0.465 e. The number of hydrogen-bond acceptors (Lipinski definition) is 4. The first-order valence-electron chi connectivity index (χ1n) is 6.38. The van der Waals surface area contributed by atoms with E-state index in [9.17, 15) is 4.79 Å². The van der Waals surface area contributed by atoms with Gasteiger partial charge in [0, 0.05) is 5.75 Å². The molecule has 2 rings (SSSR count). The molecule has 1 aliphatic rings. The van der Waals surface area contributed by atoms with Gasteiger partial charge < -0.3 is 4.74 Å². The predicted octanol–water partition coefficient (Wildman–Crippen LogP) is 2.21. The number of nitrogens with one attached hydrogen (secondary N) is 1. The summed E-state index contributed by atoms with van der Waals surface area (Å²) in [6.45, 7) is 2.29. The topological polar surface area (TPSA) is 38.3 Å². The fourth-order valence-corrected chi connectivity index (χ4v) is 3.22. The van der Waals surface area contributed by atoms with Gasteiger partial charge in [0.15, 0.2) is 0 Å². The lowest BCUT2D eigenvalue weighted by Crippen LogP contribution is -2.38. The highest BCUT2D eigenvalue weighted by Gasteiger charge is 2.30. The molecule has 0 bridgehead atoms. The first-order chi connectivity index (χ1) is 8.79. The van der Waals surface area contributed by atoms with E-state index >= 15 is 0 Å². The fraction of sp³-hybridized carbons (Fsp3) is 0.500. The van der Waals surface area contributed by atoms with Gasteiger partial charge in [0.2, 0.25) is 0 Å². The number of carbonyl (C=O) groups excluding carboxylic acids is 1. The van der Waals surface area contributed by atoms with Crippen molar-refractivity contribution in [2.75, 3.05) is 12.4 Å². The van der Waals surface area contributed by atoms with E-state index in [4.69, 9.17) is 4.74 Å². The van der Waals surface area contributed by atoms with Crippen LogP contribution in [0.5, 0.6) is 0 Å². The lowest BCUT2D eigenvalue weighted by atomic mass is 10.1. The molecule has 0 aliphatic carbocycles. The molecule has 1 aromatic rings. The van der Waals surface area contributed by atoms with Crippen molar-refractivity contribution in [3.05, 3.63) is 35.9 Å². The molecule has 2 atom stereocenters. The zero-order valence-electron chi connectivity index (χ0n) is 10.6. The number of rotatable bonds is 5. The van der Waals surface area contributed by atoms with Crippen molar-refractivity contribution in [3.63, 3.8) is 0 Å². The maximum absolute atomic E-state index is 11.6. The van der Waals surface area contributed by atoms with Crippen molar-refractivity contribution in [3.8, 4) is 0 Å². The second-order valence-electron chi connectivity index (χ2n) is 4.32. The number of aryl methyl sites for hydroxylation is 1. The van der Waals surface area contributed by atoms with Crippen LogP contribution in [0.2, 0.25) is 0 Å². The second kappa shape index (κ2) is 6.81. The number of esters is 1. The van der Waals surface area contributed by atoms with Crippen LogP contribution < -0.4 is 5.32 Å². The summed E-state index contributed by atoms with van der Waals surface area (Å²) >= 11 is 1.81. The number of carbonyl (C=O) groups is 1. The van der Waals surface area contributed by atoms with Crippen molar-refractivity contribution in [2.24, 2.45) is 0 Å². The molecule has 1 aromatic carbocycles. The summed E-state index contributed by atoms with van der Waals surface area (Å²) in [5.74, 6) is 0.699. The van der Waals surface area contributed by atoms with E-state index < -0.39 is 0 Å². The Hall–Kier alpha value is -1.00. The minimum absolute atomic E-state index is 0.118. The molecule has 0 radical (unpaired) electrons. The molecule has 3 nitrogen and oxygen atoms in total. The number of hydrogen-bond donors (Lipinski definition) is 1. The maximum Gasteiger partial charge on any atom is 0.324 e. The van der Waals surface area contributed by atoms with Crippen molar-refractivity contribution in [1.29, 1.82) is 0 Å². The quantitative estimate of drug-likeness (QED) is 0.829. The molecule has 0 saturated carbocycles. The molecule has 0 amide bonds. The highest BCUT2D eigenvalue weighted by molar-refractivity contribution is 8.00. The molecule has 98 valence electrons. The van der Waals surface area contributed by atoms with E-state index in [1.807, 2.05) is 24.8 Å². The molecule has 1 aliphatic heterocycles. The summed E-state index contributed by atoms with van der Waals surface area (Å²) in [7, 11) is 0. The Morgan fingerprint density at radius 3 is 2.94 bits per heavy atom. The Kier molecular flexibility index (Phi) is 5.08. The number of thioether (sulfide) groups is 1. The molecule has 1 fully saturated rings. The number of ether oxygens (including phenoxy) is 1. The lowest BCUT2D eigenvalue weighted by Gasteiger charge is -2.12. The molecule has 0 spiro atoms. The molecule has 4 heteroatoms. The van der Waals surface area contributed by atoms with E-state index in [0.717, 1.165) is 18.6 Å². The SMILES string of the molecule is CCOC(=O)[C@@H]1CS[C@@H](CCc2ccccc2)N1. The Morgan fingerprint density at radius 2 is 2.22 bits per heavy atom. The van der Waals surface area contributed by atoms with Gasteiger partial charge in [0.1, 0.15) is 6.04 Å². The van der Waals surface area contributed by atoms with Crippen molar-refractivity contribution < 1.29 is 9.53 Å². The van der Waals surface area contributed by atoms with E-state index in [2.05, 4.69) is 29.6 Å². The summed E-state index contributed by atoms with van der Waals surface area (Å²) < 4.78 is 5.02. The third-order valence-electron chi connectivity index (χ3n) is 2.96. The van der Waals surface area contributed by atoms with E-state index in [1.165, 1.54) is 5.56 Å². The Labute approximate surface area is 112 Å². The summed E-state index contributed by atoms with van der Waals surface area (Å²) in [4.78, 5) is 11.6.